The summed E-state index contributed by atoms with van der Waals surface area (Å²) in [7, 11) is -3.72. The molecule has 19 heavy (non-hydrogen) atoms. The van der Waals surface area contributed by atoms with Crippen LogP contribution in [0, 0.1) is 11.3 Å². The molecule has 0 spiro atoms. The summed E-state index contributed by atoms with van der Waals surface area (Å²) in [5, 5.41) is 9.37. The standard InChI is InChI=1S/C13H9ClN2O2S/c14-11-5-7-12(8-6-11)19(17,18)16-13-4-2-1-3-10(13)9-15/h1-8,16H. The number of sulfonamides is 1. The molecule has 0 aromatic heterocycles. The fourth-order valence-corrected chi connectivity index (χ4v) is 2.69. The number of hydrogen-bond donors (Lipinski definition) is 1. The van der Waals surface area contributed by atoms with E-state index in [0.29, 0.717) is 5.02 Å². The highest BCUT2D eigenvalue weighted by Crippen LogP contribution is 2.20. The molecule has 0 heterocycles. The van der Waals surface area contributed by atoms with Gasteiger partial charge < -0.3 is 0 Å². The minimum absolute atomic E-state index is 0.0876. The molecule has 0 aliphatic carbocycles. The number of halogens is 1. The molecule has 1 N–H and O–H groups in total. The molecule has 0 bridgehead atoms. The van der Waals surface area contributed by atoms with E-state index in [-0.39, 0.29) is 16.1 Å². The number of nitrogens with zero attached hydrogens (tertiary/aromatic N) is 1. The predicted octanol–water partition coefficient (Wildman–Crippen LogP) is 3.01. The lowest BCUT2D eigenvalue weighted by Crippen LogP contribution is -2.13. The summed E-state index contributed by atoms with van der Waals surface area (Å²) in [6, 6.07) is 14.1. The summed E-state index contributed by atoms with van der Waals surface area (Å²) >= 11 is 5.71. The molecular weight excluding hydrogens is 284 g/mol. The van der Waals surface area contributed by atoms with Gasteiger partial charge in [0.2, 0.25) is 0 Å². The lowest BCUT2D eigenvalue weighted by Gasteiger charge is -2.09. The van der Waals surface area contributed by atoms with Gasteiger partial charge in [-0.2, -0.15) is 5.26 Å². The van der Waals surface area contributed by atoms with Crippen molar-refractivity contribution in [1.29, 1.82) is 5.26 Å². The van der Waals surface area contributed by atoms with Gasteiger partial charge in [-0.05, 0) is 36.4 Å². The largest absolute Gasteiger partial charge is 0.278 e. The summed E-state index contributed by atoms with van der Waals surface area (Å²) < 4.78 is 26.6. The van der Waals surface area contributed by atoms with E-state index in [1.165, 1.54) is 30.3 Å². The zero-order chi connectivity index (χ0) is 13.9. The van der Waals surface area contributed by atoms with Crippen molar-refractivity contribution in [3.05, 3.63) is 59.1 Å². The molecule has 0 saturated carbocycles. The van der Waals surface area contributed by atoms with Crippen molar-refractivity contribution >= 4 is 27.3 Å². The summed E-state index contributed by atoms with van der Waals surface area (Å²) in [6.45, 7) is 0. The van der Waals surface area contributed by atoms with E-state index in [2.05, 4.69) is 4.72 Å². The zero-order valence-corrected chi connectivity index (χ0v) is 11.2. The number of anilines is 1. The van der Waals surface area contributed by atoms with E-state index in [0.717, 1.165) is 0 Å². The first kappa shape index (κ1) is 13.4. The molecule has 6 heteroatoms. The SMILES string of the molecule is N#Cc1ccccc1NS(=O)(=O)c1ccc(Cl)cc1. The lowest BCUT2D eigenvalue weighted by molar-refractivity contribution is 0.601. The van der Waals surface area contributed by atoms with Gasteiger partial charge in [0, 0.05) is 5.02 Å². The molecule has 2 aromatic rings. The lowest BCUT2D eigenvalue weighted by atomic mass is 10.2. The Hall–Kier alpha value is -2.03. The van der Waals surface area contributed by atoms with E-state index in [1.807, 2.05) is 6.07 Å². The molecule has 0 saturated heterocycles. The van der Waals surface area contributed by atoms with Crippen LogP contribution >= 0.6 is 11.6 Å². The first-order valence-electron chi connectivity index (χ1n) is 5.30. The Labute approximate surface area is 116 Å². The highest BCUT2D eigenvalue weighted by atomic mass is 35.5. The summed E-state index contributed by atoms with van der Waals surface area (Å²) in [5.74, 6) is 0. The quantitative estimate of drug-likeness (QED) is 0.945. The molecular formula is C13H9ClN2O2S. The minimum atomic E-state index is -3.72. The predicted molar refractivity (Wildman–Crippen MR) is 73.4 cm³/mol. The van der Waals surface area contributed by atoms with Crippen LogP contribution in [-0.2, 0) is 10.0 Å². The maximum absolute atomic E-state index is 12.1. The van der Waals surface area contributed by atoms with E-state index < -0.39 is 10.0 Å². The number of nitriles is 1. The maximum atomic E-state index is 12.1. The van der Waals surface area contributed by atoms with E-state index >= 15 is 0 Å². The van der Waals surface area contributed by atoms with Gasteiger partial charge in [-0.3, -0.25) is 4.72 Å². The van der Waals surface area contributed by atoms with Crippen LogP contribution < -0.4 is 4.72 Å². The van der Waals surface area contributed by atoms with Crippen LogP contribution in [0.1, 0.15) is 5.56 Å². The molecule has 0 radical (unpaired) electrons. The summed E-state index contributed by atoms with van der Waals surface area (Å²) in [6.07, 6.45) is 0. The normalized spacial score (nSPS) is 10.7. The van der Waals surface area contributed by atoms with Gasteiger partial charge in [-0.1, -0.05) is 23.7 Å². The van der Waals surface area contributed by atoms with Crippen LogP contribution in [0.3, 0.4) is 0 Å². The molecule has 0 aliphatic heterocycles. The second-order valence-corrected chi connectivity index (χ2v) is 5.84. The molecule has 0 atom stereocenters. The van der Waals surface area contributed by atoms with Crippen molar-refractivity contribution in [1.82, 2.24) is 0 Å². The van der Waals surface area contributed by atoms with Crippen molar-refractivity contribution in [2.24, 2.45) is 0 Å². The molecule has 2 rings (SSSR count). The fourth-order valence-electron chi connectivity index (χ4n) is 1.49. The minimum Gasteiger partial charge on any atom is -0.278 e. The molecule has 4 nitrogen and oxygen atoms in total. The number of hydrogen-bond acceptors (Lipinski definition) is 3. The summed E-state index contributed by atoms with van der Waals surface area (Å²) in [4.78, 5) is 0.0876. The van der Waals surface area contributed by atoms with E-state index in [9.17, 15) is 8.42 Å². The Morgan fingerprint density at radius 3 is 2.32 bits per heavy atom. The average molecular weight is 293 g/mol. The van der Waals surface area contributed by atoms with Gasteiger partial charge in [0.15, 0.2) is 0 Å². The zero-order valence-electron chi connectivity index (χ0n) is 9.67. The van der Waals surface area contributed by atoms with Crippen LogP contribution in [0.25, 0.3) is 0 Å². The van der Waals surface area contributed by atoms with Crippen molar-refractivity contribution in [3.63, 3.8) is 0 Å². The van der Waals surface area contributed by atoms with E-state index in [1.54, 1.807) is 18.2 Å². The Morgan fingerprint density at radius 2 is 1.68 bits per heavy atom. The maximum Gasteiger partial charge on any atom is 0.261 e. The van der Waals surface area contributed by atoms with Crippen molar-refractivity contribution in [3.8, 4) is 6.07 Å². The fraction of sp³-hybridized carbons (Fsp3) is 0. The number of benzene rings is 2. The molecule has 96 valence electrons. The third kappa shape index (κ3) is 3.05. The topological polar surface area (TPSA) is 70.0 Å². The Bertz CT molecular complexity index is 734. The second-order valence-electron chi connectivity index (χ2n) is 3.72. The van der Waals surface area contributed by atoms with Crippen molar-refractivity contribution in [2.75, 3.05) is 4.72 Å². The average Bonchev–Trinajstić information content (AvgIpc) is 2.39. The molecule has 0 amide bonds. The van der Waals surface area contributed by atoms with Crippen LogP contribution in [0.5, 0.6) is 0 Å². The van der Waals surface area contributed by atoms with Gasteiger partial charge in [-0.15, -0.1) is 0 Å². The Morgan fingerprint density at radius 1 is 1.05 bits per heavy atom. The highest BCUT2D eigenvalue weighted by Gasteiger charge is 2.15. The van der Waals surface area contributed by atoms with Crippen LogP contribution in [0.4, 0.5) is 5.69 Å². The van der Waals surface area contributed by atoms with Gasteiger partial charge in [0.1, 0.15) is 6.07 Å². The van der Waals surface area contributed by atoms with Gasteiger partial charge in [0.05, 0.1) is 16.1 Å². The first-order valence-corrected chi connectivity index (χ1v) is 7.16. The number of nitrogens with one attached hydrogen (secondary N) is 1. The third-order valence-corrected chi connectivity index (χ3v) is 4.05. The molecule has 0 fully saturated rings. The number of rotatable bonds is 3. The van der Waals surface area contributed by atoms with Crippen LogP contribution in [0.15, 0.2) is 53.4 Å². The van der Waals surface area contributed by atoms with Crippen molar-refractivity contribution < 1.29 is 8.42 Å². The Balaban J connectivity index is 2.37. The van der Waals surface area contributed by atoms with Gasteiger partial charge in [0.25, 0.3) is 10.0 Å². The highest BCUT2D eigenvalue weighted by molar-refractivity contribution is 7.92. The van der Waals surface area contributed by atoms with Crippen LogP contribution in [0.2, 0.25) is 5.02 Å². The first-order chi connectivity index (χ1) is 9.03. The molecule has 2 aromatic carbocycles. The second kappa shape index (κ2) is 5.31. The molecule has 0 aliphatic rings. The summed E-state index contributed by atoms with van der Waals surface area (Å²) in [5.41, 5.74) is 0.514. The number of para-hydroxylation sites is 1. The smallest absolute Gasteiger partial charge is 0.261 e. The third-order valence-electron chi connectivity index (χ3n) is 2.42. The van der Waals surface area contributed by atoms with Gasteiger partial charge >= 0.3 is 0 Å². The monoisotopic (exact) mass is 292 g/mol. The van der Waals surface area contributed by atoms with Crippen LogP contribution in [-0.4, -0.2) is 8.42 Å². The molecule has 0 unspecified atom stereocenters. The van der Waals surface area contributed by atoms with Gasteiger partial charge in [-0.25, -0.2) is 8.42 Å². The van der Waals surface area contributed by atoms with Crippen molar-refractivity contribution in [2.45, 2.75) is 4.90 Å². The Kier molecular flexibility index (Phi) is 3.74. The van der Waals surface area contributed by atoms with E-state index in [4.69, 9.17) is 16.9 Å².